The van der Waals surface area contributed by atoms with Crippen LogP contribution in [0.1, 0.15) is 16.8 Å². The number of benzene rings is 2. The van der Waals surface area contributed by atoms with Crippen molar-refractivity contribution in [3.8, 4) is 11.4 Å². The van der Waals surface area contributed by atoms with Crippen LogP contribution in [0.4, 0.5) is 31.1 Å². The molecule has 1 aromatic heterocycles. The van der Waals surface area contributed by atoms with Crippen molar-refractivity contribution in [2.75, 3.05) is 6.54 Å². The molecular formula is C20H14ClF6N3O2. The van der Waals surface area contributed by atoms with E-state index in [9.17, 15) is 31.1 Å². The Morgan fingerprint density at radius 1 is 1.03 bits per heavy atom. The smallest absolute Gasteiger partial charge is 0.406 e. The van der Waals surface area contributed by atoms with Crippen molar-refractivity contribution in [2.45, 2.75) is 18.8 Å². The van der Waals surface area contributed by atoms with E-state index in [1.165, 1.54) is 36.4 Å². The zero-order valence-corrected chi connectivity index (χ0v) is 16.7. The molecule has 0 aliphatic rings. The number of aromatic nitrogens is 2. The van der Waals surface area contributed by atoms with Crippen molar-refractivity contribution < 1.29 is 35.9 Å². The summed E-state index contributed by atoms with van der Waals surface area (Å²) in [5, 5.41) is 6.16. The highest BCUT2D eigenvalue weighted by Gasteiger charge is 2.40. The number of hydrogen-bond acceptors (Lipinski definition) is 3. The summed E-state index contributed by atoms with van der Waals surface area (Å²) in [5.41, 5.74) is -1.83. The second kappa shape index (κ2) is 9.11. The number of carbonyl (C=O) groups excluding carboxylic acids is 1. The summed E-state index contributed by atoms with van der Waals surface area (Å²) in [6.45, 7) is -0.160. The Bertz CT molecular complexity index is 1090. The van der Waals surface area contributed by atoms with Crippen molar-refractivity contribution in [1.82, 2.24) is 15.1 Å². The zero-order chi connectivity index (χ0) is 23.5. The van der Waals surface area contributed by atoms with Crippen LogP contribution in [0.15, 0.2) is 54.7 Å². The van der Waals surface area contributed by atoms with Crippen LogP contribution in [-0.2, 0) is 18.8 Å². The third kappa shape index (κ3) is 5.72. The Morgan fingerprint density at radius 3 is 2.34 bits per heavy atom. The van der Waals surface area contributed by atoms with Gasteiger partial charge in [-0.1, -0.05) is 29.8 Å². The van der Waals surface area contributed by atoms with Gasteiger partial charge >= 0.3 is 18.4 Å². The van der Waals surface area contributed by atoms with Gasteiger partial charge in [0, 0.05) is 11.6 Å². The SMILES string of the molecule is O=C(NCCc1cccc(C(F)(F)F)c1)Oc1cnn(-c2ccc(Cl)cc2)c1C(F)(F)F. The molecule has 170 valence electrons. The Hall–Kier alpha value is -3.21. The van der Waals surface area contributed by atoms with Gasteiger partial charge in [-0.3, -0.25) is 0 Å². The van der Waals surface area contributed by atoms with E-state index in [0.717, 1.165) is 18.3 Å². The predicted molar refractivity (Wildman–Crippen MR) is 103 cm³/mol. The van der Waals surface area contributed by atoms with E-state index in [1.807, 2.05) is 0 Å². The summed E-state index contributed by atoms with van der Waals surface area (Å²) in [5.74, 6) is -0.830. The molecule has 0 bridgehead atoms. The average Bonchev–Trinajstić information content (AvgIpc) is 3.12. The van der Waals surface area contributed by atoms with Gasteiger partial charge in [-0.2, -0.15) is 31.4 Å². The third-order valence-electron chi connectivity index (χ3n) is 4.22. The normalized spacial score (nSPS) is 12.0. The molecule has 5 nitrogen and oxygen atoms in total. The van der Waals surface area contributed by atoms with Gasteiger partial charge in [0.25, 0.3) is 0 Å². The highest BCUT2D eigenvalue weighted by atomic mass is 35.5. The van der Waals surface area contributed by atoms with Gasteiger partial charge < -0.3 is 10.1 Å². The average molecular weight is 478 g/mol. The van der Waals surface area contributed by atoms with Gasteiger partial charge in [-0.05, 0) is 42.3 Å². The molecule has 3 rings (SSSR count). The number of hydrogen-bond donors (Lipinski definition) is 1. The minimum absolute atomic E-state index is 0.00911. The van der Waals surface area contributed by atoms with E-state index in [1.54, 1.807) is 0 Å². The van der Waals surface area contributed by atoms with Crippen molar-refractivity contribution in [3.05, 3.63) is 76.6 Å². The zero-order valence-electron chi connectivity index (χ0n) is 16.0. The third-order valence-corrected chi connectivity index (χ3v) is 4.47. The fourth-order valence-electron chi connectivity index (χ4n) is 2.79. The van der Waals surface area contributed by atoms with Crippen LogP contribution in [0.25, 0.3) is 5.69 Å². The van der Waals surface area contributed by atoms with E-state index in [4.69, 9.17) is 16.3 Å². The van der Waals surface area contributed by atoms with Crippen LogP contribution in [-0.4, -0.2) is 22.4 Å². The minimum atomic E-state index is -4.90. The fraction of sp³-hybridized carbons (Fsp3) is 0.200. The first-order valence-electron chi connectivity index (χ1n) is 8.98. The molecule has 0 aliphatic heterocycles. The van der Waals surface area contributed by atoms with Gasteiger partial charge in [0.2, 0.25) is 0 Å². The van der Waals surface area contributed by atoms with Gasteiger partial charge in [-0.15, -0.1) is 0 Å². The van der Waals surface area contributed by atoms with E-state index < -0.39 is 35.5 Å². The molecule has 0 unspecified atom stereocenters. The standard InChI is InChI=1S/C20H14ClF6N3O2/c21-14-4-6-15(7-5-14)30-17(20(25,26)27)16(11-29-30)32-18(31)28-9-8-12-2-1-3-13(10-12)19(22,23)24/h1-7,10-11H,8-9H2,(H,28,31). The maximum Gasteiger partial charge on any atom is 0.437 e. The number of halogens is 7. The van der Waals surface area contributed by atoms with Gasteiger partial charge in [-0.25, -0.2) is 9.48 Å². The number of carbonyl (C=O) groups is 1. The van der Waals surface area contributed by atoms with Crippen LogP contribution in [0.5, 0.6) is 5.75 Å². The summed E-state index contributed by atoms with van der Waals surface area (Å²) in [6.07, 6.45) is -9.87. The lowest BCUT2D eigenvalue weighted by atomic mass is 10.1. The summed E-state index contributed by atoms with van der Waals surface area (Å²) in [6, 6.07) is 9.84. The number of alkyl halides is 6. The first kappa shape index (κ1) is 23.5. The summed E-state index contributed by atoms with van der Waals surface area (Å²) in [4.78, 5) is 12.0. The number of nitrogens with one attached hydrogen (secondary N) is 1. The maximum absolute atomic E-state index is 13.6. The predicted octanol–water partition coefficient (Wildman–Crippen LogP) is 5.89. The van der Waals surface area contributed by atoms with Crippen LogP contribution in [0.3, 0.4) is 0 Å². The largest absolute Gasteiger partial charge is 0.437 e. The van der Waals surface area contributed by atoms with E-state index in [-0.39, 0.29) is 24.2 Å². The number of amides is 1. The summed E-state index contributed by atoms with van der Waals surface area (Å²) in [7, 11) is 0. The highest BCUT2D eigenvalue weighted by molar-refractivity contribution is 6.30. The second-order valence-electron chi connectivity index (χ2n) is 6.51. The van der Waals surface area contributed by atoms with Crippen LogP contribution >= 0.6 is 11.6 Å². The monoisotopic (exact) mass is 477 g/mol. The lowest BCUT2D eigenvalue weighted by Gasteiger charge is -2.13. The molecule has 0 aliphatic carbocycles. The Morgan fingerprint density at radius 2 is 1.72 bits per heavy atom. The number of nitrogens with zero attached hydrogens (tertiary/aromatic N) is 2. The van der Waals surface area contributed by atoms with E-state index in [2.05, 4.69) is 10.4 Å². The Kier molecular flexibility index (Phi) is 6.68. The molecule has 12 heteroatoms. The molecule has 0 fully saturated rings. The molecule has 0 saturated heterocycles. The number of ether oxygens (including phenoxy) is 1. The van der Waals surface area contributed by atoms with Crippen LogP contribution < -0.4 is 10.1 Å². The molecular weight excluding hydrogens is 464 g/mol. The maximum atomic E-state index is 13.6. The highest BCUT2D eigenvalue weighted by Crippen LogP contribution is 2.37. The molecule has 0 atom stereocenters. The lowest BCUT2D eigenvalue weighted by Crippen LogP contribution is -2.29. The van der Waals surface area contributed by atoms with Crippen molar-refractivity contribution in [3.63, 3.8) is 0 Å². The summed E-state index contributed by atoms with van der Waals surface area (Å²) < 4.78 is 84.3. The quantitative estimate of drug-likeness (QED) is 0.466. The van der Waals surface area contributed by atoms with Crippen molar-refractivity contribution >= 4 is 17.7 Å². The van der Waals surface area contributed by atoms with Crippen LogP contribution in [0, 0.1) is 0 Å². The molecule has 32 heavy (non-hydrogen) atoms. The van der Waals surface area contributed by atoms with Gasteiger partial charge in [0.05, 0.1) is 17.4 Å². The Balaban J connectivity index is 1.68. The first-order chi connectivity index (χ1) is 14.9. The fourth-order valence-corrected chi connectivity index (χ4v) is 2.92. The van der Waals surface area contributed by atoms with Crippen LogP contribution in [0.2, 0.25) is 5.02 Å². The van der Waals surface area contributed by atoms with Crippen molar-refractivity contribution in [1.29, 1.82) is 0 Å². The van der Waals surface area contributed by atoms with E-state index >= 15 is 0 Å². The molecule has 1 heterocycles. The molecule has 1 amide bonds. The minimum Gasteiger partial charge on any atom is -0.406 e. The first-order valence-corrected chi connectivity index (χ1v) is 9.36. The van der Waals surface area contributed by atoms with E-state index in [0.29, 0.717) is 9.70 Å². The second-order valence-corrected chi connectivity index (χ2v) is 6.94. The lowest BCUT2D eigenvalue weighted by molar-refractivity contribution is -0.143. The molecule has 0 spiro atoms. The molecule has 1 N–H and O–H groups in total. The van der Waals surface area contributed by atoms with Gasteiger partial charge in [0.1, 0.15) is 0 Å². The van der Waals surface area contributed by atoms with Crippen molar-refractivity contribution in [2.24, 2.45) is 0 Å². The van der Waals surface area contributed by atoms with Gasteiger partial charge in [0.15, 0.2) is 11.4 Å². The molecule has 0 radical (unpaired) electrons. The molecule has 3 aromatic rings. The molecule has 0 saturated carbocycles. The Labute approximate surface area is 182 Å². The topological polar surface area (TPSA) is 56.1 Å². The summed E-state index contributed by atoms with van der Waals surface area (Å²) >= 11 is 5.74. The molecule has 2 aromatic carbocycles. The number of rotatable bonds is 5.